The minimum atomic E-state index is -3.45. The van der Waals surface area contributed by atoms with E-state index in [2.05, 4.69) is 31.8 Å². The number of likely N-dealkylation sites (N-methyl/N-ethyl adjacent to an activating group) is 1. The fourth-order valence-electron chi connectivity index (χ4n) is 3.97. The van der Waals surface area contributed by atoms with Crippen LogP contribution in [0.3, 0.4) is 0 Å². The highest BCUT2D eigenvalue weighted by molar-refractivity contribution is 7.89. The second-order valence-corrected chi connectivity index (χ2v) is 9.81. The molecule has 4 rings (SSSR count). The van der Waals surface area contributed by atoms with Crippen molar-refractivity contribution in [2.24, 2.45) is 0 Å². The van der Waals surface area contributed by atoms with Crippen LogP contribution >= 0.6 is 0 Å². The number of sulfonamides is 1. The average molecular weight is 431 g/mol. The van der Waals surface area contributed by atoms with E-state index >= 15 is 0 Å². The van der Waals surface area contributed by atoms with Crippen molar-refractivity contribution in [3.05, 3.63) is 42.0 Å². The molecule has 0 atom stereocenters. The van der Waals surface area contributed by atoms with Crippen LogP contribution in [-0.2, 0) is 10.0 Å². The average Bonchev–Trinajstić information content (AvgIpc) is 2.80. The van der Waals surface area contributed by atoms with E-state index in [1.54, 1.807) is 16.4 Å². The molecular weight excluding hydrogens is 400 g/mol. The molecule has 0 radical (unpaired) electrons. The van der Waals surface area contributed by atoms with E-state index in [9.17, 15) is 8.42 Å². The maximum absolute atomic E-state index is 12.9. The molecule has 0 saturated carbocycles. The van der Waals surface area contributed by atoms with Gasteiger partial charge in [-0.15, -0.1) is 10.2 Å². The highest BCUT2D eigenvalue weighted by Gasteiger charge is 2.29. The molecule has 30 heavy (non-hydrogen) atoms. The summed E-state index contributed by atoms with van der Waals surface area (Å²) in [5, 5.41) is 8.86. The molecule has 2 aromatic rings. The fourth-order valence-corrected chi connectivity index (χ4v) is 5.39. The third-order valence-electron chi connectivity index (χ3n) is 6.00. The summed E-state index contributed by atoms with van der Waals surface area (Å²) < 4.78 is 27.3. The molecule has 2 aliphatic rings. The number of benzene rings is 1. The van der Waals surface area contributed by atoms with Gasteiger partial charge in [-0.3, -0.25) is 0 Å². The lowest BCUT2D eigenvalue weighted by atomic mass is 10.2. The van der Waals surface area contributed by atoms with E-state index in [0.717, 1.165) is 49.9 Å². The molecule has 0 spiro atoms. The molecule has 3 heterocycles. The Hall–Kier alpha value is -2.23. The summed E-state index contributed by atoms with van der Waals surface area (Å²) in [5.41, 5.74) is 1.05. The van der Waals surface area contributed by atoms with Crippen molar-refractivity contribution in [1.82, 2.24) is 19.4 Å². The molecule has 162 valence electrons. The highest BCUT2D eigenvalue weighted by atomic mass is 32.2. The van der Waals surface area contributed by atoms with Gasteiger partial charge in [-0.2, -0.15) is 4.31 Å². The monoisotopic (exact) mass is 430 g/mol. The number of hydrogen-bond acceptors (Lipinski definition) is 7. The Morgan fingerprint density at radius 1 is 0.767 bits per heavy atom. The van der Waals surface area contributed by atoms with E-state index in [0.29, 0.717) is 31.1 Å². The summed E-state index contributed by atoms with van der Waals surface area (Å²) in [5.74, 6) is 1.72. The third-order valence-corrected chi connectivity index (χ3v) is 7.91. The lowest BCUT2D eigenvalue weighted by Gasteiger charge is -2.35. The van der Waals surface area contributed by atoms with Crippen LogP contribution in [0, 0.1) is 6.92 Å². The second-order valence-electron chi connectivity index (χ2n) is 7.88. The number of aromatic nitrogens is 2. The maximum atomic E-state index is 12.9. The lowest BCUT2D eigenvalue weighted by molar-refractivity contribution is 0.270. The van der Waals surface area contributed by atoms with Crippen molar-refractivity contribution in [3.63, 3.8) is 0 Å². The van der Waals surface area contributed by atoms with Crippen molar-refractivity contribution in [2.45, 2.75) is 18.7 Å². The van der Waals surface area contributed by atoms with Gasteiger partial charge >= 0.3 is 0 Å². The Kier molecular flexibility index (Phi) is 6.21. The van der Waals surface area contributed by atoms with Gasteiger partial charge < -0.3 is 14.7 Å². The molecule has 0 amide bonds. The van der Waals surface area contributed by atoms with E-state index in [1.807, 2.05) is 31.2 Å². The fraction of sp³-hybridized carbons (Fsp3) is 0.524. The molecule has 2 saturated heterocycles. The van der Waals surface area contributed by atoms with Crippen LogP contribution in [0.15, 0.2) is 41.3 Å². The summed E-state index contributed by atoms with van der Waals surface area (Å²) in [6.07, 6.45) is 0. The number of rotatable bonds is 5. The Morgan fingerprint density at radius 2 is 1.27 bits per heavy atom. The SMILES string of the molecule is CCN1CCN(c2ccc(N3CCN(S(=O)(=O)c4ccc(C)cc4)CC3)nn2)CC1. The summed E-state index contributed by atoms with van der Waals surface area (Å²) in [7, 11) is -3.45. The van der Waals surface area contributed by atoms with Gasteiger partial charge in [-0.05, 0) is 37.7 Å². The van der Waals surface area contributed by atoms with Crippen LogP contribution in [0.1, 0.15) is 12.5 Å². The standard InChI is InChI=1S/C21H30N6O2S/c1-3-24-10-12-25(13-11-24)20-8-9-21(23-22-20)26-14-16-27(17-15-26)30(28,29)19-6-4-18(2)5-7-19/h4-9H,3,10-17H2,1-2H3. The smallest absolute Gasteiger partial charge is 0.243 e. The molecule has 1 aromatic carbocycles. The highest BCUT2D eigenvalue weighted by Crippen LogP contribution is 2.21. The molecule has 8 nitrogen and oxygen atoms in total. The number of hydrogen-bond donors (Lipinski definition) is 0. The van der Waals surface area contributed by atoms with Gasteiger partial charge in [0.1, 0.15) is 0 Å². The van der Waals surface area contributed by atoms with Gasteiger partial charge in [0.2, 0.25) is 10.0 Å². The molecule has 2 aliphatic heterocycles. The molecular formula is C21H30N6O2S. The van der Waals surface area contributed by atoms with Gasteiger partial charge in [0.05, 0.1) is 4.90 Å². The first-order valence-electron chi connectivity index (χ1n) is 10.6. The van der Waals surface area contributed by atoms with Crippen molar-refractivity contribution in [3.8, 4) is 0 Å². The van der Waals surface area contributed by atoms with Gasteiger partial charge in [-0.25, -0.2) is 8.42 Å². The van der Waals surface area contributed by atoms with Crippen LogP contribution in [0.5, 0.6) is 0 Å². The molecule has 0 unspecified atom stereocenters. The second kappa shape index (κ2) is 8.87. The predicted octanol–water partition coefficient (Wildman–Crippen LogP) is 1.44. The van der Waals surface area contributed by atoms with Gasteiger partial charge in [0.25, 0.3) is 0 Å². The van der Waals surface area contributed by atoms with Gasteiger partial charge in [-0.1, -0.05) is 24.6 Å². The summed E-state index contributed by atoms with van der Waals surface area (Å²) >= 11 is 0. The van der Waals surface area contributed by atoms with Crippen LogP contribution < -0.4 is 9.80 Å². The largest absolute Gasteiger partial charge is 0.353 e. The zero-order chi connectivity index (χ0) is 21.1. The van der Waals surface area contributed by atoms with E-state index < -0.39 is 10.0 Å². The molecule has 0 aliphatic carbocycles. The topological polar surface area (TPSA) is 72.9 Å². The Morgan fingerprint density at radius 3 is 1.73 bits per heavy atom. The minimum Gasteiger partial charge on any atom is -0.353 e. The summed E-state index contributed by atoms with van der Waals surface area (Å²) in [6, 6.07) is 11.1. The maximum Gasteiger partial charge on any atom is 0.243 e. The third kappa shape index (κ3) is 4.43. The van der Waals surface area contributed by atoms with Crippen LogP contribution in [0.4, 0.5) is 11.6 Å². The number of piperazine rings is 2. The van der Waals surface area contributed by atoms with E-state index in [1.165, 1.54) is 0 Å². The lowest BCUT2D eigenvalue weighted by Crippen LogP contribution is -2.49. The van der Waals surface area contributed by atoms with Crippen molar-refractivity contribution >= 4 is 21.7 Å². The number of aryl methyl sites for hydroxylation is 1. The van der Waals surface area contributed by atoms with Crippen LogP contribution in [-0.4, -0.2) is 86.7 Å². The molecule has 9 heteroatoms. The molecule has 2 fully saturated rings. The van der Waals surface area contributed by atoms with Crippen LogP contribution in [0.25, 0.3) is 0 Å². The Balaban J connectivity index is 1.35. The van der Waals surface area contributed by atoms with Crippen molar-refractivity contribution in [1.29, 1.82) is 0 Å². The first kappa shape index (κ1) is 21.0. The van der Waals surface area contributed by atoms with E-state index in [4.69, 9.17) is 0 Å². The van der Waals surface area contributed by atoms with Gasteiger partial charge in [0, 0.05) is 52.4 Å². The Bertz CT molecular complexity index is 932. The number of nitrogens with zero attached hydrogens (tertiary/aromatic N) is 6. The zero-order valence-corrected chi connectivity index (χ0v) is 18.6. The molecule has 0 N–H and O–H groups in total. The molecule has 1 aromatic heterocycles. The summed E-state index contributed by atoms with van der Waals surface area (Å²) in [4.78, 5) is 7.17. The summed E-state index contributed by atoms with van der Waals surface area (Å²) in [6.45, 7) is 11.4. The first-order chi connectivity index (χ1) is 14.5. The van der Waals surface area contributed by atoms with Crippen molar-refractivity contribution < 1.29 is 8.42 Å². The Labute approximate surface area is 179 Å². The molecule has 0 bridgehead atoms. The minimum absolute atomic E-state index is 0.355. The number of anilines is 2. The zero-order valence-electron chi connectivity index (χ0n) is 17.7. The van der Waals surface area contributed by atoms with Crippen molar-refractivity contribution in [2.75, 3.05) is 68.7 Å². The van der Waals surface area contributed by atoms with Gasteiger partial charge in [0.15, 0.2) is 11.6 Å². The predicted molar refractivity (Wildman–Crippen MR) is 119 cm³/mol. The normalized spacial score (nSPS) is 19.3. The van der Waals surface area contributed by atoms with E-state index in [-0.39, 0.29) is 0 Å². The van der Waals surface area contributed by atoms with Crippen LogP contribution in [0.2, 0.25) is 0 Å². The first-order valence-corrected chi connectivity index (χ1v) is 12.0. The quantitative estimate of drug-likeness (QED) is 0.711.